The summed E-state index contributed by atoms with van der Waals surface area (Å²) in [6, 6.07) is 1.71. The van der Waals surface area contributed by atoms with Gasteiger partial charge in [-0.25, -0.2) is 0 Å². The summed E-state index contributed by atoms with van der Waals surface area (Å²) in [5, 5.41) is 14.5. The molecule has 0 saturated heterocycles. The highest BCUT2D eigenvalue weighted by Gasteiger charge is 2.36. The van der Waals surface area contributed by atoms with Crippen molar-refractivity contribution in [1.82, 2.24) is 20.7 Å². The Labute approximate surface area is 139 Å². The van der Waals surface area contributed by atoms with E-state index in [-0.39, 0.29) is 11.3 Å². The predicted molar refractivity (Wildman–Crippen MR) is 86.9 cm³/mol. The number of carbonyl (C=O) groups excluding carboxylic acids is 1. The predicted octanol–water partition coefficient (Wildman–Crippen LogP) is 2.60. The first-order valence-corrected chi connectivity index (χ1v) is 7.94. The van der Waals surface area contributed by atoms with E-state index >= 15 is 0 Å². The summed E-state index contributed by atoms with van der Waals surface area (Å²) in [6.45, 7) is 6.12. The van der Waals surface area contributed by atoms with Crippen LogP contribution >= 0.6 is 0 Å². The Balaban J connectivity index is 1.41. The van der Waals surface area contributed by atoms with E-state index in [2.05, 4.69) is 33.3 Å². The quantitative estimate of drug-likeness (QED) is 0.749. The van der Waals surface area contributed by atoms with Gasteiger partial charge in [0.15, 0.2) is 5.69 Å². The molecule has 0 bridgehead atoms. The number of nitrogens with zero attached hydrogens (tertiary/aromatic N) is 3. The molecule has 1 N–H and O–H groups in total. The van der Waals surface area contributed by atoms with Gasteiger partial charge in [-0.05, 0) is 19.8 Å². The highest BCUT2D eigenvalue weighted by molar-refractivity contribution is 5.76. The van der Waals surface area contributed by atoms with Crippen molar-refractivity contribution in [3.8, 4) is 11.6 Å². The van der Waals surface area contributed by atoms with Crippen molar-refractivity contribution in [2.24, 2.45) is 5.41 Å². The zero-order valence-corrected chi connectivity index (χ0v) is 13.6. The van der Waals surface area contributed by atoms with E-state index in [1.165, 1.54) is 0 Å². The molecule has 0 aromatic carbocycles. The second kappa shape index (κ2) is 6.82. The van der Waals surface area contributed by atoms with Crippen molar-refractivity contribution in [3.63, 3.8) is 0 Å². The molecule has 126 valence electrons. The lowest BCUT2D eigenvalue weighted by molar-refractivity contribution is -0.120. The van der Waals surface area contributed by atoms with Crippen LogP contribution in [0.1, 0.15) is 30.9 Å². The van der Waals surface area contributed by atoms with Crippen molar-refractivity contribution < 1.29 is 13.7 Å². The van der Waals surface area contributed by atoms with Gasteiger partial charge in [-0.15, -0.1) is 16.8 Å². The second-order valence-electron chi connectivity index (χ2n) is 5.97. The molecule has 0 aliphatic heterocycles. The van der Waals surface area contributed by atoms with E-state index in [1.807, 2.05) is 12.2 Å². The number of hydrogen-bond donors (Lipinski definition) is 1. The smallest absolute Gasteiger partial charge is 0.269 e. The Bertz CT molecular complexity index is 755. The lowest BCUT2D eigenvalue weighted by Crippen LogP contribution is -2.23. The van der Waals surface area contributed by atoms with Crippen LogP contribution in [0.15, 0.2) is 39.8 Å². The molecule has 3 rings (SSSR count). The fraction of sp³-hybridized carbons (Fsp3) is 0.412. The molecule has 0 radical (unpaired) electrons. The van der Waals surface area contributed by atoms with E-state index in [4.69, 9.17) is 8.94 Å². The molecule has 1 saturated carbocycles. The topological polar surface area (TPSA) is 94.1 Å². The average molecular weight is 328 g/mol. The van der Waals surface area contributed by atoms with Gasteiger partial charge in [0, 0.05) is 30.9 Å². The van der Waals surface area contributed by atoms with Crippen LogP contribution in [0.3, 0.4) is 0 Å². The van der Waals surface area contributed by atoms with Gasteiger partial charge in [0.05, 0.1) is 0 Å². The molecule has 7 nitrogen and oxygen atoms in total. The van der Waals surface area contributed by atoms with Gasteiger partial charge in [-0.2, -0.15) is 0 Å². The maximum absolute atomic E-state index is 11.8. The molecule has 24 heavy (non-hydrogen) atoms. The lowest BCUT2D eigenvalue weighted by Gasteiger charge is -2.02. The first-order valence-electron chi connectivity index (χ1n) is 7.94. The number of carbonyl (C=O) groups is 1. The molecule has 2 aromatic heterocycles. The monoisotopic (exact) mass is 328 g/mol. The SMILES string of the molecule is C=CC1(/C=C/CNC(=O)CCc2nnc(-c3cc(C)on3)o2)CC1. The molecule has 0 unspecified atom stereocenters. The number of nitrogens with one attached hydrogen (secondary N) is 1. The minimum Gasteiger partial charge on any atom is -0.419 e. The highest BCUT2D eigenvalue weighted by Crippen LogP contribution is 2.47. The normalized spacial score (nSPS) is 15.5. The van der Waals surface area contributed by atoms with Gasteiger partial charge in [0.25, 0.3) is 5.89 Å². The summed E-state index contributed by atoms with van der Waals surface area (Å²) >= 11 is 0. The Hall–Kier alpha value is -2.70. The van der Waals surface area contributed by atoms with E-state index in [1.54, 1.807) is 13.0 Å². The van der Waals surface area contributed by atoms with E-state index in [0.29, 0.717) is 42.6 Å². The molecular weight excluding hydrogens is 308 g/mol. The minimum absolute atomic E-state index is 0.0554. The molecular formula is C17H20N4O3. The minimum atomic E-state index is -0.0554. The zero-order chi connectivity index (χ0) is 17.0. The lowest BCUT2D eigenvalue weighted by atomic mass is 10.1. The van der Waals surface area contributed by atoms with Crippen molar-refractivity contribution >= 4 is 5.91 Å². The van der Waals surface area contributed by atoms with E-state index in [9.17, 15) is 4.79 Å². The Morgan fingerprint density at radius 3 is 2.96 bits per heavy atom. The summed E-state index contributed by atoms with van der Waals surface area (Å²) in [5.74, 6) is 1.31. The van der Waals surface area contributed by atoms with E-state index < -0.39 is 0 Å². The molecule has 0 atom stereocenters. The van der Waals surface area contributed by atoms with E-state index in [0.717, 1.165) is 12.8 Å². The van der Waals surface area contributed by atoms with Crippen LogP contribution < -0.4 is 5.32 Å². The van der Waals surface area contributed by atoms with Crippen LogP contribution in [0.4, 0.5) is 0 Å². The van der Waals surface area contributed by atoms with Gasteiger partial charge in [0.1, 0.15) is 5.76 Å². The van der Waals surface area contributed by atoms with Crippen LogP contribution in [0.2, 0.25) is 0 Å². The van der Waals surface area contributed by atoms with Gasteiger partial charge in [0.2, 0.25) is 11.8 Å². The first kappa shape index (κ1) is 16.2. The molecule has 1 aliphatic rings. The summed E-state index contributed by atoms with van der Waals surface area (Å²) in [6.07, 6.45) is 9.02. The maximum atomic E-state index is 11.8. The molecule has 1 aliphatic carbocycles. The second-order valence-corrected chi connectivity index (χ2v) is 5.97. The standard InChI is InChI=1S/C17H20N4O3/c1-3-17(8-9-17)7-4-10-18-14(22)5-6-15-19-20-16(23-15)13-11-12(2)24-21-13/h3-4,7,11H,1,5-6,8-10H2,2H3,(H,18,22)/b7-4+. The summed E-state index contributed by atoms with van der Waals surface area (Å²) in [4.78, 5) is 11.8. The Morgan fingerprint density at radius 1 is 1.46 bits per heavy atom. The molecule has 2 aromatic rings. The molecule has 1 fully saturated rings. The molecule has 1 amide bonds. The van der Waals surface area contributed by atoms with Crippen LogP contribution in [-0.4, -0.2) is 27.8 Å². The molecule has 7 heteroatoms. The summed E-state index contributed by atoms with van der Waals surface area (Å²) in [5.41, 5.74) is 0.668. The summed E-state index contributed by atoms with van der Waals surface area (Å²) < 4.78 is 10.4. The number of allylic oxidation sites excluding steroid dienone is 2. The summed E-state index contributed by atoms with van der Waals surface area (Å²) in [7, 11) is 0. The van der Waals surface area contributed by atoms with Crippen LogP contribution in [-0.2, 0) is 11.2 Å². The Kier molecular flexibility index (Phi) is 4.59. The number of rotatable bonds is 8. The maximum Gasteiger partial charge on any atom is 0.269 e. The van der Waals surface area contributed by atoms with Crippen LogP contribution in [0.25, 0.3) is 11.6 Å². The van der Waals surface area contributed by atoms with Crippen LogP contribution in [0.5, 0.6) is 0 Å². The van der Waals surface area contributed by atoms with Gasteiger partial charge >= 0.3 is 0 Å². The third-order valence-corrected chi connectivity index (χ3v) is 3.98. The van der Waals surface area contributed by atoms with Crippen molar-refractivity contribution in [3.05, 3.63) is 42.5 Å². The highest BCUT2D eigenvalue weighted by atomic mass is 16.5. The number of amides is 1. The van der Waals surface area contributed by atoms with Crippen molar-refractivity contribution in [2.75, 3.05) is 6.54 Å². The fourth-order valence-electron chi connectivity index (χ4n) is 2.28. The first-order chi connectivity index (χ1) is 11.6. The van der Waals surface area contributed by atoms with Gasteiger partial charge in [-0.3, -0.25) is 4.79 Å². The average Bonchev–Trinajstić information content (AvgIpc) is 2.98. The fourth-order valence-corrected chi connectivity index (χ4v) is 2.28. The van der Waals surface area contributed by atoms with Gasteiger partial charge < -0.3 is 14.3 Å². The van der Waals surface area contributed by atoms with Crippen LogP contribution in [0, 0.1) is 12.3 Å². The molecule has 0 spiro atoms. The van der Waals surface area contributed by atoms with Crippen molar-refractivity contribution in [1.29, 1.82) is 0 Å². The number of aromatic nitrogens is 3. The van der Waals surface area contributed by atoms with Crippen molar-refractivity contribution in [2.45, 2.75) is 32.6 Å². The molecule has 2 heterocycles. The Morgan fingerprint density at radius 2 is 2.29 bits per heavy atom. The number of hydrogen-bond acceptors (Lipinski definition) is 6. The third-order valence-electron chi connectivity index (χ3n) is 3.98. The third kappa shape index (κ3) is 3.98. The largest absolute Gasteiger partial charge is 0.419 e. The number of aryl methyl sites for hydroxylation is 2. The zero-order valence-electron chi connectivity index (χ0n) is 13.6. The van der Waals surface area contributed by atoms with Gasteiger partial charge in [-0.1, -0.05) is 23.4 Å².